The van der Waals surface area contributed by atoms with Crippen LogP contribution in [-0.4, -0.2) is 5.90 Å². The lowest BCUT2D eigenvalue weighted by Crippen LogP contribution is -2.09. The third kappa shape index (κ3) is 5.36. The number of ether oxygens (including phenoxy) is 1. The lowest BCUT2D eigenvalue weighted by molar-refractivity contribution is 0.551. The van der Waals surface area contributed by atoms with Crippen LogP contribution in [0, 0.1) is 6.92 Å². The topological polar surface area (TPSA) is 21.6 Å². The molecule has 3 aromatic rings. The van der Waals surface area contributed by atoms with Gasteiger partial charge in [0.1, 0.15) is 5.75 Å². The quantitative estimate of drug-likeness (QED) is 0.284. The van der Waals surface area contributed by atoms with Crippen LogP contribution in [0.3, 0.4) is 0 Å². The van der Waals surface area contributed by atoms with Gasteiger partial charge in [-0.1, -0.05) is 65.9 Å². The van der Waals surface area contributed by atoms with E-state index in [4.69, 9.17) is 9.73 Å². The fourth-order valence-electron chi connectivity index (χ4n) is 2.23. The summed E-state index contributed by atoms with van der Waals surface area (Å²) in [5, 5.41) is 2.07. The molecule has 0 unspecified atom stereocenters. The summed E-state index contributed by atoms with van der Waals surface area (Å²) >= 11 is 1.66. The molecule has 3 heteroatoms. The average molecular weight is 359 g/mol. The highest BCUT2D eigenvalue weighted by molar-refractivity contribution is 8.02. The van der Waals surface area contributed by atoms with Gasteiger partial charge in [0.15, 0.2) is 0 Å². The van der Waals surface area contributed by atoms with E-state index in [1.54, 1.807) is 11.8 Å². The van der Waals surface area contributed by atoms with Gasteiger partial charge in [-0.15, -0.1) is 0 Å². The molecule has 3 rings (SSSR count). The first-order valence-corrected chi connectivity index (χ1v) is 9.36. The standard InChI is InChI=1S/C23H21NOS/c1-18-13-15-20(16-14-18)24-23(25-21-9-5-3-6-10-21)19(2)17-26-22-11-7-4-8-12-22/h3-17H,1-2H3/b19-17+,24-23-. The molecule has 0 radical (unpaired) electrons. The molecule has 3 aromatic carbocycles. The number of aryl methyl sites for hydroxylation is 1. The minimum Gasteiger partial charge on any atom is -0.439 e. The summed E-state index contributed by atoms with van der Waals surface area (Å²) in [4.78, 5) is 5.90. The summed E-state index contributed by atoms with van der Waals surface area (Å²) in [5.74, 6) is 1.37. The molecule has 0 N–H and O–H groups in total. The third-order valence-corrected chi connectivity index (χ3v) is 4.69. The van der Waals surface area contributed by atoms with Gasteiger partial charge in [-0.25, -0.2) is 4.99 Å². The van der Waals surface area contributed by atoms with Crippen molar-refractivity contribution in [1.29, 1.82) is 0 Å². The van der Waals surface area contributed by atoms with Crippen LogP contribution < -0.4 is 4.74 Å². The molecular weight excluding hydrogens is 338 g/mol. The van der Waals surface area contributed by atoms with Gasteiger partial charge in [0.2, 0.25) is 5.90 Å². The molecule has 0 heterocycles. The molecule has 0 fully saturated rings. The van der Waals surface area contributed by atoms with E-state index in [0.717, 1.165) is 17.0 Å². The van der Waals surface area contributed by atoms with E-state index >= 15 is 0 Å². The highest BCUT2D eigenvalue weighted by Crippen LogP contribution is 2.23. The minimum absolute atomic E-state index is 0.600. The molecule has 0 saturated carbocycles. The van der Waals surface area contributed by atoms with E-state index < -0.39 is 0 Å². The monoisotopic (exact) mass is 359 g/mol. The zero-order valence-electron chi connectivity index (χ0n) is 14.9. The number of hydrogen-bond donors (Lipinski definition) is 0. The summed E-state index contributed by atoms with van der Waals surface area (Å²) in [6.45, 7) is 4.09. The second-order valence-corrected chi connectivity index (χ2v) is 6.84. The van der Waals surface area contributed by atoms with Gasteiger partial charge in [0.05, 0.1) is 5.69 Å². The van der Waals surface area contributed by atoms with Gasteiger partial charge in [-0.3, -0.25) is 0 Å². The van der Waals surface area contributed by atoms with Crippen molar-refractivity contribution >= 4 is 23.3 Å². The summed E-state index contributed by atoms with van der Waals surface area (Å²) in [5.41, 5.74) is 3.06. The van der Waals surface area contributed by atoms with Crippen LogP contribution in [0.5, 0.6) is 5.75 Å². The first kappa shape index (κ1) is 18.0. The molecule has 2 nitrogen and oxygen atoms in total. The molecule has 0 atom stereocenters. The fourth-order valence-corrected chi connectivity index (χ4v) is 2.96. The Bertz CT molecular complexity index is 885. The number of para-hydroxylation sites is 1. The van der Waals surface area contributed by atoms with E-state index in [1.165, 1.54) is 10.5 Å². The predicted molar refractivity (Wildman–Crippen MR) is 111 cm³/mol. The normalized spacial score (nSPS) is 12.1. The summed E-state index contributed by atoms with van der Waals surface area (Å²) in [6.07, 6.45) is 0. The van der Waals surface area contributed by atoms with E-state index in [1.807, 2.05) is 67.6 Å². The van der Waals surface area contributed by atoms with Crippen LogP contribution in [0.2, 0.25) is 0 Å². The molecule has 0 aliphatic heterocycles. The predicted octanol–water partition coefficient (Wildman–Crippen LogP) is 6.80. The zero-order valence-corrected chi connectivity index (χ0v) is 15.7. The van der Waals surface area contributed by atoms with E-state index in [9.17, 15) is 0 Å². The van der Waals surface area contributed by atoms with Crippen molar-refractivity contribution in [3.05, 3.63) is 101 Å². The summed E-state index contributed by atoms with van der Waals surface area (Å²) in [6, 6.07) is 28.1. The van der Waals surface area contributed by atoms with Gasteiger partial charge >= 0.3 is 0 Å². The smallest absolute Gasteiger partial charge is 0.223 e. The molecule has 0 bridgehead atoms. The number of aliphatic imine (C=N–C) groups is 1. The van der Waals surface area contributed by atoms with Crippen molar-refractivity contribution in [3.63, 3.8) is 0 Å². The van der Waals surface area contributed by atoms with Crippen molar-refractivity contribution in [1.82, 2.24) is 0 Å². The highest BCUT2D eigenvalue weighted by atomic mass is 32.2. The van der Waals surface area contributed by atoms with Gasteiger partial charge in [0.25, 0.3) is 0 Å². The molecule has 0 spiro atoms. The number of benzene rings is 3. The van der Waals surface area contributed by atoms with Crippen LogP contribution in [0.1, 0.15) is 12.5 Å². The van der Waals surface area contributed by atoms with Gasteiger partial charge in [-0.05, 0) is 55.7 Å². The van der Waals surface area contributed by atoms with Crippen molar-refractivity contribution < 1.29 is 4.74 Å². The van der Waals surface area contributed by atoms with Crippen LogP contribution >= 0.6 is 11.8 Å². The lowest BCUT2D eigenvalue weighted by Gasteiger charge is -2.10. The number of nitrogens with zero attached hydrogens (tertiary/aromatic N) is 1. The Balaban J connectivity index is 1.87. The number of thioether (sulfide) groups is 1. The molecule has 130 valence electrons. The zero-order chi connectivity index (χ0) is 18.2. The summed E-state index contributed by atoms with van der Waals surface area (Å²) in [7, 11) is 0. The minimum atomic E-state index is 0.600. The fraction of sp³-hybridized carbons (Fsp3) is 0.0870. The van der Waals surface area contributed by atoms with Crippen molar-refractivity contribution in [2.75, 3.05) is 0 Å². The Morgan fingerprint density at radius 3 is 2.12 bits per heavy atom. The molecule has 0 aliphatic carbocycles. The SMILES string of the molecule is CC(=C\Sc1ccccc1)/C(=N/c1ccc(C)cc1)Oc1ccccc1. The molecule has 0 aromatic heterocycles. The van der Waals surface area contributed by atoms with E-state index in [-0.39, 0.29) is 0 Å². The average Bonchev–Trinajstić information content (AvgIpc) is 2.69. The first-order chi connectivity index (χ1) is 12.7. The van der Waals surface area contributed by atoms with Crippen molar-refractivity contribution in [2.24, 2.45) is 4.99 Å². The summed E-state index contributed by atoms with van der Waals surface area (Å²) < 4.78 is 6.07. The van der Waals surface area contributed by atoms with Crippen LogP contribution in [0.15, 0.2) is 106 Å². The van der Waals surface area contributed by atoms with Crippen molar-refractivity contribution in [2.45, 2.75) is 18.7 Å². The van der Waals surface area contributed by atoms with Crippen molar-refractivity contribution in [3.8, 4) is 5.75 Å². The molecule has 0 amide bonds. The molecular formula is C23H21NOS. The Morgan fingerprint density at radius 1 is 0.846 bits per heavy atom. The molecule has 26 heavy (non-hydrogen) atoms. The maximum atomic E-state index is 6.07. The van der Waals surface area contributed by atoms with Crippen LogP contribution in [-0.2, 0) is 0 Å². The van der Waals surface area contributed by atoms with E-state index in [0.29, 0.717) is 5.90 Å². The molecule has 0 aliphatic rings. The van der Waals surface area contributed by atoms with E-state index in [2.05, 4.69) is 36.6 Å². The van der Waals surface area contributed by atoms with Gasteiger partial charge < -0.3 is 4.74 Å². The second-order valence-electron chi connectivity index (χ2n) is 5.90. The van der Waals surface area contributed by atoms with Crippen LogP contribution in [0.25, 0.3) is 0 Å². The number of rotatable bonds is 5. The maximum Gasteiger partial charge on any atom is 0.223 e. The Labute approximate surface area is 159 Å². The number of hydrogen-bond acceptors (Lipinski definition) is 3. The Kier molecular flexibility index (Phi) is 6.29. The van der Waals surface area contributed by atoms with Crippen LogP contribution in [0.4, 0.5) is 5.69 Å². The van der Waals surface area contributed by atoms with Gasteiger partial charge in [0, 0.05) is 10.5 Å². The second kappa shape index (κ2) is 9.07. The molecule has 0 saturated heterocycles. The maximum absolute atomic E-state index is 6.07. The van der Waals surface area contributed by atoms with Gasteiger partial charge in [-0.2, -0.15) is 0 Å². The first-order valence-electron chi connectivity index (χ1n) is 8.48. The Morgan fingerprint density at radius 2 is 1.46 bits per heavy atom. The largest absolute Gasteiger partial charge is 0.439 e. The third-order valence-electron chi connectivity index (χ3n) is 3.67. The highest BCUT2D eigenvalue weighted by Gasteiger charge is 2.07. The lowest BCUT2D eigenvalue weighted by atomic mass is 10.2. The Hall–Kier alpha value is -2.78.